The van der Waals surface area contributed by atoms with Gasteiger partial charge in [0.25, 0.3) is 0 Å². The van der Waals surface area contributed by atoms with E-state index >= 15 is 0 Å². The Hall–Kier alpha value is -0.410. The molecule has 1 N–H and O–H groups in total. The zero-order chi connectivity index (χ0) is 8.82. The first-order chi connectivity index (χ1) is 5.62. The topological polar surface area (TPSA) is 33.1 Å². The number of rotatable bonds is 2. The summed E-state index contributed by atoms with van der Waals surface area (Å²) < 4.78 is 0. The Bertz CT molecular complexity index is 281. The van der Waals surface area contributed by atoms with Gasteiger partial charge in [0.15, 0.2) is 0 Å². The van der Waals surface area contributed by atoms with Gasteiger partial charge in [-0.1, -0.05) is 13.8 Å². The molecule has 12 heavy (non-hydrogen) atoms. The Labute approximate surface area is 76.3 Å². The van der Waals surface area contributed by atoms with Crippen LogP contribution in [0.1, 0.15) is 26.0 Å². The third kappa shape index (κ3) is 0.866. The van der Waals surface area contributed by atoms with Crippen molar-refractivity contribution in [2.75, 3.05) is 6.61 Å². The molecule has 1 fully saturated rings. The second-order valence-corrected chi connectivity index (χ2v) is 4.89. The van der Waals surface area contributed by atoms with Gasteiger partial charge in [-0.05, 0) is 11.8 Å². The standard InChI is InChI=1S/C9H13NOS/c1-8(2)4-9(8,5-11)7-3-12-6-10-7/h3,6,11H,4-5H2,1-2H3. The Morgan fingerprint density at radius 2 is 2.33 bits per heavy atom. The highest BCUT2D eigenvalue weighted by Gasteiger charge is 2.62. The number of aliphatic hydroxyl groups excluding tert-OH is 1. The van der Waals surface area contributed by atoms with E-state index in [9.17, 15) is 5.11 Å². The van der Waals surface area contributed by atoms with Crippen LogP contribution in [0, 0.1) is 5.41 Å². The average Bonchev–Trinajstić information content (AvgIpc) is 2.52. The van der Waals surface area contributed by atoms with E-state index in [-0.39, 0.29) is 17.4 Å². The lowest BCUT2D eigenvalue weighted by molar-refractivity contribution is 0.229. The van der Waals surface area contributed by atoms with Crippen LogP contribution in [0.15, 0.2) is 10.9 Å². The van der Waals surface area contributed by atoms with Gasteiger partial charge < -0.3 is 5.11 Å². The normalized spacial score (nSPS) is 31.9. The van der Waals surface area contributed by atoms with Crippen LogP contribution in [0.25, 0.3) is 0 Å². The smallest absolute Gasteiger partial charge is 0.0794 e. The van der Waals surface area contributed by atoms with Crippen molar-refractivity contribution in [2.24, 2.45) is 5.41 Å². The summed E-state index contributed by atoms with van der Waals surface area (Å²) in [5, 5.41) is 11.4. The van der Waals surface area contributed by atoms with Gasteiger partial charge >= 0.3 is 0 Å². The van der Waals surface area contributed by atoms with Gasteiger partial charge in [0, 0.05) is 10.8 Å². The summed E-state index contributed by atoms with van der Waals surface area (Å²) in [6, 6.07) is 0. The molecule has 0 aromatic carbocycles. The van der Waals surface area contributed by atoms with Crippen LogP contribution in [0.2, 0.25) is 0 Å². The fourth-order valence-electron chi connectivity index (χ4n) is 1.95. The number of thiazole rings is 1. The monoisotopic (exact) mass is 183 g/mol. The lowest BCUT2D eigenvalue weighted by atomic mass is 9.94. The highest BCUT2D eigenvalue weighted by Crippen LogP contribution is 2.63. The highest BCUT2D eigenvalue weighted by molar-refractivity contribution is 7.07. The third-order valence-electron chi connectivity index (χ3n) is 3.11. The molecule has 1 aliphatic rings. The van der Waals surface area contributed by atoms with Crippen molar-refractivity contribution in [2.45, 2.75) is 25.7 Å². The molecule has 2 rings (SSSR count). The molecule has 0 saturated heterocycles. The molecule has 1 atom stereocenters. The van der Waals surface area contributed by atoms with Gasteiger partial charge in [-0.3, -0.25) is 0 Å². The largest absolute Gasteiger partial charge is 0.395 e. The van der Waals surface area contributed by atoms with Gasteiger partial charge in [0.1, 0.15) is 0 Å². The quantitative estimate of drug-likeness (QED) is 0.758. The maximum Gasteiger partial charge on any atom is 0.0794 e. The van der Waals surface area contributed by atoms with Crippen LogP contribution in [0.5, 0.6) is 0 Å². The van der Waals surface area contributed by atoms with E-state index in [1.54, 1.807) is 11.3 Å². The molecule has 66 valence electrons. The molecule has 0 bridgehead atoms. The lowest BCUT2D eigenvalue weighted by Crippen LogP contribution is -2.19. The zero-order valence-electron chi connectivity index (χ0n) is 7.37. The first-order valence-corrected chi connectivity index (χ1v) is 5.06. The maximum atomic E-state index is 9.33. The van der Waals surface area contributed by atoms with E-state index in [0.29, 0.717) is 0 Å². The molecule has 0 amide bonds. The molecule has 2 nitrogen and oxygen atoms in total. The van der Waals surface area contributed by atoms with Crippen molar-refractivity contribution < 1.29 is 5.11 Å². The molecule has 0 aliphatic heterocycles. The Morgan fingerprint density at radius 1 is 1.67 bits per heavy atom. The van der Waals surface area contributed by atoms with E-state index in [0.717, 1.165) is 12.1 Å². The molecule has 1 aromatic heterocycles. The summed E-state index contributed by atoms with van der Waals surface area (Å²) in [4.78, 5) is 4.28. The number of hydrogen-bond donors (Lipinski definition) is 1. The zero-order valence-corrected chi connectivity index (χ0v) is 8.19. The second kappa shape index (κ2) is 2.30. The predicted molar refractivity (Wildman–Crippen MR) is 49.3 cm³/mol. The van der Waals surface area contributed by atoms with Crippen molar-refractivity contribution in [3.63, 3.8) is 0 Å². The Morgan fingerprint density at radius 3 is 2.67 bits per heavy atom. The van der Waals surface area contributed by atoms with Crippen molar-refractivity contribution in [3.05, 3.63) is 16.6 Å². The number of aliphatic hydroxyl groups is 1. The highest BCUT2D eigenvalue weighted by atomic mass is 32.1. The molecular formula is C9H13NOS. The van der Waals surface area contributed by atoms with Crippen LogP contribution in [-0.4, -0.2) is 16.7 Å². The molecule has 1 saturated carbocycles. The van der Waals surface area contributed by atoms with Gasteiger partial charge in [-0.15, -0.1) is 11.3 Å². The summed E-state index contributed by atoms with van der Waals surface area (Å²) in [5.74, 6) is 0. The van der Waals surface area contributed by atoms with Gasteiger partial charge in [-0.25, -0.2) is 4.98 Å². The minimum Gasteiger partial charge on any atom is -0.395 e. The minimum atomic E-state index is -0.0347. The summed E-state index contributed by atoms with van der Waals surface area (Å²) in [6.45, 7) is 4.59. The van der Waals surface area contributed by atoms with Gasteiger partial charge in [0.05, 0.1) is 17.8 Å². The molecule has 1 aromatic rings. The summed E-state index contributed by atoms with van der Waals surface area (Å²) in [5.41, 5.74) is 3.10. The van der Waals surface area contributed by atoms with Crippen LogP contribution < -0.4 is 0 Å². The molecular weight excluding hydrogens is 170 g/mol. The number of nitrogens with zero attached hydrogens (tertiary/aromatic N) is 1. The summed E-state index contributed by atoms with van der Waals surface area (Å²) >= 11 is 1.60. The Kier molecular flexibility index (Phi) is 1.57. The maximum absolute atomic E-state index is 9.33. The first-order valence-electron chi connectivity index (χ1n) is 4.12. The van der Waals surface area contributed by atoms with Crippen LogP contribution in [0.4, 0.5) is 0 Å². The van der Waals surface area contributed by atoms with Crippen molar-refractivity contribution in [3.8, 4) is 0 Å². The van der Waals surface area contributed by atoms with Crippen molar-refractivity contribution in [1.82, 2.24) is 4.98 Å². The number of hydrogen-bond acceptors (Lipinski definition) is 3. The van der Waals surface area contributed by atoms with Crippen molar-refractivity contribution in [1.29, 1.82) is 0 Å². The fraction of sp³-hybridized carbons (Fsp3) is 0.667. The molecule has 0 spiro atoms. The fourth-order valence-corrected chi connectivity index (χ4v) is 2.60. The summed E-state index contributed by atoms with van der Waals surface area (Å²) in [6.07, 6.45) is 1.06. The van der Waals surface area contributed by atoms with Crippen molar-refractivity contribution >= 4 is 11.3 Å². The van der Waals surface area contributed by atoms with Crippen LogP contribution in [0.3, 0.4) is 0 Å². The van der Waals surface area contributed by atoms with E-state index in [1.165, 1.54) is 0 Å². The van der Waals surface area contributed by atoms with E-state index < -0.39 is 0 Å². The Balaban J connectivity index is 2.34. The van der Waals surface area contributed by atoms with Gasteiger partial charge in [0.2, 0.25) is 0 Å². The SMILES string of the molecule is CC1(C)CC1(CO)c1cscn1. The molecule has 0 radical (unpaired) electrons. The first kappa shape index (κ1) is 8.20. The molecule has 1 heterocycles. The third-order valence-corrected chi connectivity index (χ3v) is 3.69. The van der Waals surface area contributed by atoms with E-state index in [4.69, 9.17) is 0 Å². The molecule has 3 heteroatoms. The van der Waals surface area contributed by atoms with E-state index in [1.807, 2.05) is 10.9 Å². The molecule has 1 aliphatic carbocycles. The lowest BCUT2D eigenvalue weighted by Gasteiger charge is -2.14. The minimum absolute atomic E-state index is 0.0347. The molecule has 1 unspecified atom stereocenters. The second-order valence-electron chi connectivity index (χ2n) is 4.17. The summed E-state index contributed by atoms with van der Waals surface area (Å²) in [7, 11) is 0. The van der Waals surface area contributed by atoms with Crippen LogP contribution in [-0.2, 0) is 5.41 Å². The number of aromatic nitrogens is 1. The average molecular weight is 183 g/mol. The van der Waals surface area contributed by atoms with E-state index in [2.05, 4.69) is 18.8 Å². The van der Waals surface area contributed by atoms with Crippen LogP contribution >= 0.6 is 11.3 Å². The van der Waals surface area contributed by atoms with Gasteiger partial charge in [-0.2, -0.15) is 0 Å². The predicted octanol–water partition coefficient (Wildman–Crippen LogP) is 1.80.